The van der Waals surface area contributed by atoms with Gasteiger partial charge in [0.15, 0.2) is 0 Å². The minimum Gasteiger partial charge on any atom is -0.388 e. The van der Waals surface area contributed by atoms with E-state index in [0.717, 1.165) is 12.1 Å². The molecule has 3 aliphatic heterocycles. The average Bonchev–Trinajstić information content (AvgIpc) is 3.31. The second-order valence-electron chi connectivity index (χ2n) is 9.99. The Bertz CT molecular complexity index is 1350. The fourth-order valence-corrected chi connectivity index (χ4v) is 5.83. The molecule has 4 heterocycles. The van der Waals surface area contributed by atoms with Gasteiger partial charge in [0, 0.05) is 70.4 Å². The smallest absolute Gasteiger partial charge is 0.321 e. The number of anilines is 2. The minimum absolute atomic E-state index is 0.0466. The molecule has 0 bridgehead atoms. The van der Waals surface area contributed by atoms with Crippen LogP contribution in [0.3, 0.4) is 0 Å². The Labute approximate surface area is 231 Å². The number of carbonyl (C=O) groups is 2. The number of hydrogen-bond acceptors (Lipinski definition) is 6. The Morgan fingerprint density at radius 1 is 0.925 bits per heavy atom. The van der Waals surface area contributed by atoms with Gasteiger partial charge in [-0.2, -0.15) is 0 Å². The summed E-state index contributed by atoms with van der Waals surface area (Å²) in [6, 6.07) is 4.99. The van der Waals surface area contributed by atoms with Crippen LogP contribution in [0.5, 0.6) is 0 Å². The molecule has 0 aliphatic carbocycles. The average molecular weight is 609 g/mol. The summed E-state index contributed by atoms with van der Waals surface area (Å²) >= 11 is 6.23. The molecule has 2 saturated heterocycles. The van der Waals surface area contributed by atoms with Crippen molar-refractivity contribution in [3.8, 4) is 0 Å². The third-order valence-electron chi connectivity index (χ3n) is 7.20. The van der Waals surface area contributed by atoms with Crippen molar-refractivity contribution in [3.63, 3.8) is 0 Å². The van der Waals surface area contributed by atoms with E-state index in [1.807, 2.05) is 4.90 Å². The number of piperidine rings is 1. The van der Waals surface area contributed by atoms with Gasteiger partial charge in [-0.1, -0.05) is 36.2 Å². The zero-order valence-electron chi connectivity index (χ0n) is 21.0. The Morgan fingerprint density at radius 3 is 2.17 bits per heavy atom. The predicted octanol–water partition coefficient (Wildman–Crippen LogP) is 5.88. The van der Waals surface area contributed by atoms with Crippen molar-refractivity contribution in [1.29, 1.82) is 0 Å². The van der Waals surface area contributed by atoms with Gasteiger partial charge >= 0.3 is 16.3 Å². The van der Waals surface area contributed by atoms with E-state index in [1.54, 1.807) is 23.2 Å². The van der Waals surface area contributed by atoms with Gasteiger partial charge in [-0.15, -0.1) is 0 Å². The highest BCUT2D eigenvalue weighted by Crippen LogP contribution is 3.02. The normalized spacial score (nSPS) is 20.9. The van der Waals surface area contributed by atoms with Crippen molar-refractivity contribution in [2.75, 3.05) is 49.5 Å². The quantitative estimate of drug-likeness (QED) is 0.438. The Hall–Kier alpha value is -3.33. The van der Waals surface area contributed by atoms with Crippen LogP contribution in [-0.4, -0.2) is 77.3 Å². The molecule has 0 radical (unpaired) electrons. The second-order valence-corrected chi connectivity index (χ2v) is 12.8. The molecule has 3 aliphatic rings. The van der Waals surface area contributed by atoms with Crippen molar-refractivity contribution >= 4 is 51.0 Å². The van der Waals surface area contributed by atoms with E-state index in [4.69, 9.17) is 16.4 Å². The first-order valence-corrected chi connectivity index (χ1v) is 14.8. The third kappa shape index (κ3) is 6.04. The summed E-state index contributed by atoms with van der Waals surface area (Å²) in [4.78, 5) is 38.9. The maximum absolute atomic E-state index is 13.1. The standard InChI is InChI=1S/C24H26ClF5N6O3S/c25-19-2-1-9-31-21(19)34-12-14-35(15-13-34)22(37)20-16-24(39-33-20)7-10-36(11-8-24)23(38)32-17-3-5-18(6-4-17)40(26,27,28,29)30/h1-6,9H,7-8,10-16H2,(H,32,38). The van der Waals surface area contributed by atoms with Crippen LogP contribution in [0.4, 0.5) is 35.7 Å². The van der Waals surface area contributed by atoms with E-state index in [9.17, 15) is 29.0 Å². The van der Waals surface area contributed by atoms with E-state index in [1.165, 1.54) is 4.90 Å². The number of nitrogens with one attached hydrogen (secondary N) is 1. The molecule has 1 N–H and O–H groups in total. The van der Waals surface area contributed by atoms with Crippen LogP contribution in [0.15, 0.2) is 52.6 Å². The van der Waals surface area contributed by atoms with Crippen molar-refractivity contribution in [1.82, 2.24) is 14.8 Å². The number of pyridine rings is 1. The molecule has 3 amide bonds. The lowest BCUT2D eigenvalue weighted by atomic mass is 9.86. The lowest BCUT2D eigenvalue weighted by Gasteiger charge is -2.40. The van der Waals surface area contributed by atoms with Crippen molar-refractivity contribution < 1.29 is 33.9 Å². The molecule has 40 heavy (non-hydrogen) atoms. The van der Waals surface area contributed by atoms with Crippen LogP contribution in [0.2, 0.25) is 5.02 Å². The Morgan fingerprint density at radius 2 is 1.57 bits per heavy atom. The zero-order valence-corrected chi connectivity index (χ0v) is 22.6. The van der Waals surface area contributed by atoms with Gasteiger partial charge in [0.05, 0.1) is 5.02 Å². The lowest BCUT2D eigenvalue weighted by molar-refractivity contribution is -0.124. The number of likely N-dealkylation sites (tertiary alicyclic amines) is 1. The molecule has 1 aromatic heterocycles. The molecule has 0 unspecified atom stereocenters. The molecule has 1 spiro atoms. The monoisotopic (exact) mass is 608 g/mol. The number of amides is 3. The van der Waals surface area contributed by atoms with Crippen molar-refractivity contribution in [2.24, 2.45) is 5.16 Å². The van der Waals surface area contributed by atoms with Gasteiger partial charge in [0.2, 0.25) is 0 Å². The van der Waals surface area contributed by atoms with E-state index in [-0.39, 0.29) is 36.8 Å². The summed E-state index contributed by atoms with van der Waals surface area (Å²) in [6.07, 6.45) is 2.73. The minimum atomic E-state index is -9.79. The largest absolute Gasteiger partial charge is 0.388 e. The fourth-order valence-electron chi connectivity index (χ4n) is 4.93. The number of nitrogens with zero attached hydrogens (tertiary/aromatic N) is 5. The highest BCUT2D eigenvalue weighted by Gasteiger charge is 2.65. The SMILES string of the molecule is O=C(Nc1ccc(S(F)(F)(F)(F)F)cc1)N1CCC2(CC1)CC(C(=O)N1CCN(c3ncccc3Cl)CC1)=NO2. The number of carbonyl (C=O) groups excluding carboxylic acids is 2. The first-order chi connectivity index (χ1) is 18.6. The second kappa shape index (κ2) is 9.36. The molecule has 9 nitrogen and oxygen atoms in total. The highest BCUT2D eigenvalue weighted by molar-refractivity contribution is 8.45. The summed E-state index contributed by atoms with van der Waals surface area (Å²) in [7, 11) is -9.79. The molecule has 16 heteroatoms. The molecule has 1 aromatic carbocycles. The third-order valence-corrected chi connectivity index (χ3v) is 8.66. The zero-order chi connectivity index (χ0) is 28.8. The van der Waals surface area contributed by atoms with Crippen LogP contribution in [-0.2, 0) is 9.63 Å². The molecule has 0 atom stereocenters. The molecule has 0 saturated carbocycles. The van der Waals surface area contributed by atoms with Crippen LogP contribution < -0.4 is 10.2 Å². The van der Waals surface area contributed by atoms with Crippen molar-refractivity contribution in [2.45, 2.75) is 29.8 Å². The van der Waals surface area contributed by atoms with Gasteiger partial charge in [-0.3, -0.25) is 4.79 Å². The maximum atomic E-state index is 13.1. The first-order valence-electron chi connectivity index (χ1n) is 12.4. The summed E-state index contributed by atoms with van der Waals surface area (Å²) in [5.74, 6) is 0.465. The number of hydrogen-bond donors (Lipinski definition) is 1. The lowest BCUT2D eigenvalue weighted by Crippen LogP contribution is -2.52. The Kier molecular flexibility index (Phi) is 6.60. The highest BCUT2D eigenvalue weighted by atomic mass is 35.5. The molecule has 2 aromatic rings. The topological polar surface area (TPSA) is 90.4 Å². The van der Waals surface area contributed by atoms with Crippen molar-refractivity contribution in [3.05, 3.63) is 47.6 Å². The number of halogens is 6. The predicted molar refractivity (Wildman–Crippen MR) is 142 cm³/mol. The number of piperazine rings is 1. The fraction of sp³-hybridized carbons (Fsp3) is 0.417. The molecule has 5 rings (SSSR count). The molecule has 2 fully saturated rings. The van der Waals surface area contributed by atoms with Crippen LogP contribution in [0.1, 0.15) is 19.3 Å². The number of urea groups is 1. The summed E-state index contributed by atoms with van der Waals surface area (Å²) in [6.45, 7) is 2.55. The number of benzene rings is 1. The van der Waals surface area contributed by atoms with Gasteiger partial charge in [-0.25, -0.2) is 9.78 Å². The summed E-state index contributed by atoms with van der Waals surface area (Å²) in [5.41, 5.74) is -0.463. The van der Waals surface area contributed by atoms with Crippen LogP contribution in [0, 0.1) is 0 Å². The maximum Gasteiger partial charge on any atom is 0.321 e. The van der Waals surface area contributed by atoms with Gasteiger partial charge < -0.3 is 24.9 Å². The molecular formula is C24H26ClF5N6O3S. The van der Waals surface area contributed by atoms with Gasteiger partial charge in [-0.05, 0) is 36.4 Å². The van der Waals surface area contributed by atoms with E-state index in [2.05, 4.69) is 15.5 Å². The summed E-state index contributed by atoms with van der Waals surface area (Å²) < 4.78 is 64.5. The van der Waals surface area contributed by atoms with E-state index >= 15 is 0 Å². The Balaban J connectivity index is 1.10. The van der Waals surface area contributed by atoms with Gasteiger partial charge in [0.25, 0.3) is 5.91 Å². The molecular weight excluding hydrogens is 583 g/mol. The van der Waals surface area contributed by atoms with E-state index < -0.39 is 26.8 Å². The summed E-state index contributed by atoms with van der Waals surface area (Å²) in [5, 5.41) is 7.03. The molecule has 218 valence electrons. The van der Waals surface area contributed by atoms with Gasteiger partial charge in [0.1, 0.15) is 22.0 Å². The van der Waals surface area contributed by atoms with Crippen LogP contribution in [0.25, 0.3) is 0 Å². The van der Waals surface area contributed by atoms with Crippen LogP contribution >= 0.6 is 21.8 Å². The van der Waals surface area contributed by atoms with E-state index in [0.29, 0.717) is 62.0 Å². The number of oxime groups is 1. The first kappa shape index (κ1) is 28.2. The number of aromatic nitrogens is 1. The number of rotatable bonds is 4.